The molecular formula is C62H62N6O2S. The minimum atomic E-state index is -0.0382. The van der Waals surface area contributed by atoms with Gasteiger partial charge in [-0.3, -0.25) is 0 Å². The first kappa shape index (κ1) is 47.3. The van der Waals surface area contributed by atoms with Crippen LogP contribution in [0, 0.1) is 41.5 Å². The van der Waals surface area contributed by atoms with Crippen LogP contribution in [0.3, 0.4) is 0 Å². The lowest BCUT2D eigenvalue weighted by atomic mass is 9.87. The van der Waals surface area contributed by atoms with Gasteiger partial charge >= 0.3 is 0 Å². The predicted octanol–water partition coefficient (Wildman–Crippen LogP) is 17.2. The van der Waals surface area contributed by atoms with Crippen molar-refractivity contribution in [3.8, 4) is 56.6 Å². The summed E-state index contributed by atoms with van der Waals surface area (Å²) in [5.74, 6) is 2.00. The highest BCUT2D eigenvalue weighted by Crippen LogP contribution is 2.46. The van der Waals surface area contributed by atoms with Gasteiger partial charge in [0.1, 0.15) is 17.1 Å². The van der Waals surface area contributed by atoms with Crippen LogP contribution in [0.5, 0.6) is 23.3 Å². The summed E-state index contributed by atoms with van der Waals surface area (Å²) in [6.45, 7) is 26.3. The first-order valence-electron chi connectivity index (χ1n) is 24.4. The summed E-state index contributed by atoms with van der Waals surface area (Å²) in [5.41, 5.74) is 22.2. The molecule has 1 aliphatic heterocycles. The van der Waals surface area contributed by atoms with E-state index in [2.05, 4.69) is 195 Å². The van der Waals surface area contributed by atoms with Gasteiger partial charge in [-0.15, -0.1) is 0 Å². The number of benzene rings is 4. The third kappa shape index (κ3) is 9.15. The average Bonchev–Trinajstić information content (AvgIpc) is 4.15. The lowest BCUT2D eigenvalue weighted by molar-refractivity contribution is 0.427. The Labute approximate surface area is 421 Å². The molecule has 0 atom stereocenters. The highest BCUT2D eigenvalue weighted by atomic mass is 32.2. The van der Waals surface area contributed by atoms with Gasteiger partial charge in [0.15, 0.2) is 5.16 Å². The Balaban J connectivity index is 1.36. The van der Waals surface area contributed by atoms with Crippen LogP contribution in [0.15, 0.2) is 114 Å². The van der Waals surface area contributed by atoms with Gasteiger partial charge in [-0.2, -0.15) is 9.97 Å². The molecule has 0 spiro atoms. The van der Waals surface area contributed by atoms with E-state index in [9.17, 15) is 0 Å². The summed E-state index contributed by atoms with van der Waals surface area (Å²) in [7, 11) is 0. The van der Waals surface area contributed by atoms with Crippen molar-refractivity contribution >= 4 is 57.0 Å². The lowest BCUT2D eigenvalue weighted by Gasteiger charge is -2.20. The number of nitrogens with zero attached hydrogens (tertiary/aromatic N) is 3. The van der Waals surface area contributed by atoms with E-state index in [0.717, 1.165) is 72.3 Å². The number of aromatic amines is 3. The van der Waals surface area contributed by atoms with E-state index < -0.39 is 0 Å². The summed E-state index contributed by atoms with van der Waals surface area (Å²) in [5, 5.41) is 0.510. The Bertz CT molecular complexity index is 3580. The second kappa shape index (κ2) is 18.1. The Morgan fingerprint density at radius 3 is 1.15 bits per heavy atom. The van der Waals surface area contributed by atoms with Crippen LogP contribution >= 0.6 is 11.8 Å². The molecule has 9 heteroatoms. The molecule has 8 nitrogen and oxygen atoms in total. The van der Waals surface area contributed by atoms with Crippen molar-refractivity contribution in [2.24, 2.45) is 0 Å². The zero-order valence-corrected chi connectivity index (χ0v) is 43.9. The highest BCUT2D eigenvalue weighted by molar-refractivity contribution is 7.98. The van der Waals surface area contributed by atoms with E-state index in [1.54, 1.807) is 0 Å². The van der Waals surface area contributed by atoms with Crippen molar-refractivity contribution in [3.63, 3.8) is 0 Å². The molecule has 8 bridgehead atoms. The molecule has 0 radical (unpaired) electrons. The SMILES string of the molecule is CSc1nc(Oc2ccc(C(C)(C)C)cc2)c(-c2c3ccc([nH]3)c(-c3c(C)cc(C)cc3C)c3nc(c4ccc([nH]4)c(-c4c(C)cc(C)cc4C)c4ccc2[nH]4)C=C3)c(Oc2ccc(C(C)(C)C)cc2)n1. The molecule has 9 aromatic rings. The molecule has 0 amide bonds. The van der Waals surface area contributed by atoms with E-state index in [-0.39, 0.29) is 10.8 Å². The van der Waals surface area contributed by atoms with E-state index in [1.165, 1.54) is 56.3 Å². The molecule has 6 heterocycles. The van der Waals surface area contributed by atoms with Gasteiger partial charge in [-0.05, 0) is 176 Å². The summed E-state index contributed by atoms with van der Waals surface area (Å²) in [6.07, 6.45) is 6.23. The third-order valence-corrected chi connectivity index (χ3v) is 14.1. The molecule has 71 heavy (non-hydrogen) atoms. The third-order valence-electron chi connectivity index (χ3n) is 13.6. The molecule has 0 saturated heterocycles. The van der Waals surface area contributed by atoms with Crippen LogP contribution in [-0.4, -0.2) is 36.2 Å². The maximum absolute atomic E-state index is 7.02. The minimum absolute atomic E-state index is 0.0382. The van der Waals surface area contributed by atoms with E-state index >= 15 is 0 Å². The van der Waals surface area contributed by atoms with Gasteiger partial charge in [0.05, 0.1) is 16.9 Å². The number of H-pyrrole nitrogens is 3. The molecular weight excluding hydrogens is 893 g/mol. The number of rotatable bonds is 8. The topological polar surface area (TPSA) is 104 Å². The Kier molecular flexibility index (Phi) is 12.1. The van der Waals surface area contributed by atoms with Crippen LogP contribution in [0.4, 0.5) is 0 Å². The fraction of sp³-hybridized carbons (Fsp3) is 0.242. The van der Waals surface area contributed by atoms with Crippen LogP contribution in [0.25, 0.3) is 78.6 Å². The Hall–Kier alpha value is -7.36. The number of thioether (sulfide) groups is 1. The number of hydrogen-bond donors (Lipinski definition) is 3. The van der Waals surface area contributed by atoms with Crippen LogP contribution in [0.1, 0.15) is 97.4 Å². The van der Waals surface area contributed by atoms with Gasteiger partial charge < -0.3 is 24.4 Å². The van der Waals surface area contributed by atoms with Gasteiger partial charge in [-0.1, -0.05) is 113 Å². The largest absolute Gasteiger partial charge is 0.438 e. The minimum Gasteiger partial charge on any atom is -0.438 e. The number of aromatic nitrogens is 6. The maximum atomic E-state index is 7.02. The Morgan fingerprint density at radius 1 is 0.394 bits per heavy atom. The molecule has 4 aromatic carbocycles. The second-order valence-electron chi connectivity index (χ2n) is 21.2. The molecule has 0 fully saturated rings. The molecule has 1 aliphatic rings. The van der Waals surface area contributed by atoms with Gasteiger partial charge in [0.25, 0.3) is 0 Å². The first-order chi connectivity index (χ1) is 33.8. The maximum Gasteiger partial charge on any atom is 0.235 e. The quantitative estimate of drug-likeness (QED) is 0.104. The first-order valence-corrected chi connectivity index (χ1v) is 25.6. The molecule has 358 valence electrons. The molecule has 0 saturated carbocycles. The standard InChI is InChI=1S/C62H62N6O2S/c1-34-30-36(3)52(37(4)31-34)54-46-24-22-44(63-46)45-23-25-47(64-45)55(53-38(5)32-35(2)33-39(53)6)49-27-29-51(66-49)56(50-28-26-48(54)65-50)57-58(69-42-18-14-40(15-19-42)61(7,8)9)67-60(71-13)68-59(57)70-43-20-16-41(17-21-43)62(10,11)12/h14-33,63,65-66H,1-13H3. The summed E-state index contributed by atoms with van der Waals surface area (Å²) < 4.78 is 14.0. The average molecular weight is 955 g/mol. The van der Waals surface area contributed by atoms with Crippen LogP contribution in [0.2, 0.25) is 0 Å². The summed E-state index contributed by atoms with van der Waals surface area (Å²) >= 11 is 1.44. The molecule has 0 unspecified atom stereocenters. The Morgan fingerprint density at radius 2 is 0.746 bits per heavy atom. The molecule has 10 rings (SSSR count). The molecule has 3 N–H and O–H groups in total. The number of fused-ring (bicyclic) bond motifs is 9. The van der Waals surface area contributed by atoms with Gasteiger partial charge in [0, 0.05) is 44.3 Å². The monoisotopic (exact) mass is 954 g/mol. The van der Waals surface area contributed by atoms with Crippen LogP contribution in [-0.2, 0) is 10.8 Å². The number of aryl methyl sites for hydroxylation is 6. The van der Waals surface area contributed by atoms with Crippen LogP contribution < -0.4 is 9.47 Å². The van der Waals surface area contributed by atoms with E-state index in [0.29, 0.717) is 34.0 Å². The predicted molar refractivity (Wildman–Crippen MR) is 298 cm³/mol. The fourth-order valence-corrected chi connectivity index (χ4v) is 10.6. The second-order valence-corrected chi connectivity index (χ2v) is 22.0. The number of nitrogens with one attached hydrogen (secondary N) is 3. The van der Waals surface area contributed by atoms with Gasteiger partial charge in [-0.25, -0.2) is 4.98 Å². The summed E-state index contributed by atoms with van der Waals surface area (Å²) in [6, 6.07) is 38.5. The van der Waals surface area contributed by atoms with Crippen molar-refractivity contribution in [2.75, 3.05) is 6.26 Å². The van der Waals surface area contributed by atoms with E-state index in [4.69, 9.17) is 24.4 Å². The van der Waals surface area contributed by atoms with Crippen molar-refractivity contribution < 1.29 is 9.47 Å². The fourth-order valence-electron chi connectivity index (χ4n) is 10.2. The smallest absolute Gasteiger partial charge is 0.235 e. The van der Waals surface area contributed by atoms with E-state index in [1.807, 2.05) is 30.5 Å². The van der Waals surface area contributed by atoms with Crippen molar-refractivity contribution in [2.45, 2.75) is 99.1 Å². The highest BCUT2D eigenvalue weighted by Gasteiger charge is 2.26. The number of ether oxygens (including phenoxy) is 2. The van der Waals surface area contributed by atoms with Crippen molar-refractivity contribution in [1.29, 1.82) is 0 Å². The van der Waals surface area contributed by atoms with Crippen molar-refractivity contribution in [1.82, 2.24) is 29.9 Å². The normalized spacial score (nSPS) is 12.3. The van der Waals surface area contributed by atoms with Crippen molar-refractivity contribution in [3.05, 3.63) is 165 Å². The lowest BCUT2D eigenvalue weighted by Crippen LogP contribution is -2.10. The summed E-state index contributed by atoms with van der Waals surface area (Å²) in [4.78, 5) is 27.5. The zero-order chi connectivity index (χ0) is 50.1. The zero-order valence-electron chi connectivity index (χ0n) is 43.1. The van der Waals surface area contributed by atoms with Gasteiger partial charge in [0.2, 0.25) is 11.8 Å². The molecule has 5 aromatic heterocycles. The molecule has 0 aliphatic carbocycles. The number of hydrogen-bond acceptors (Lipinski definition) is 6.